The van der Waals surface area contributed by atoms with Gasteiger partial charge in [-0.05, 0) is 19.3 Å². The summed E-state index contributed by atoms with van der Waals surface area (Å²) >= 11 is 0. The number of hydrogen-bond acceptors (Lipinski definition) is 4. The third kappa shape index (κ3) is 6.10. The van der Waals surface area contributed by atoms with Gasteiger partial charge in [0.15, 0.2) is 0 Å². The van der Waals surface area contributed by atoms with Crippen LogP contribution in [-0.2, 0) is 9.47 Å². The van der Waals surface area contributed by atoms with Crippen LogP contribution in [0, 0.1) is 5.92 Å². The van der Waals surface area contributed by atoms with Gasteiger partial charge in [-0.1, -0.05) is 6.92 Å². The molecule has 0 aliphatic rings. The molecule has 6 heteroatoms. The standard InChI is InChI=1S/C10H20N2O4/c1-7(5-6-11-9(13)15-3)8(2)12-10(14)16-4/h7-8H,5-6H2,1-4H3,(H,11,13)(H,12,14). The Balaban J connectivity index is 3.74. The van der Waals surface area contributed by atoms with E-state index in [-0.39, 0.29) is 12.0 Å². The van der Waals surface area contributed by atoms with Crippen molar-refractivity contribution < 1.29 is 19.1 Å². The number of carbonyl (C=O) groups is 2. The van der Waals surface area contributed by atoms with E-state index in [0.717, 1.165) is 6.42 Å². The van der Waals surface area contributed by atoms with Crippen LogP contribution in [0.5, 0.6) is 0 Å². The first-order chi connectivity index (χ1) is 7.51. The van der Waals surface area contributed by atoms with Gasteiger partial charge in [-0.2, -0.15) is 0 Å². The summed E-state index contributed by atoms with van der Waals surface area (Å²) in [5.41, 5.74) is 0. The molecule has 0 rings (SSSR count). The maximum absolute atomic E-state index is 10.9. The van der Waals surface area contributed by atoms with Gasteiger partial charge in [-0.3, -0.25) is 0 Å². The smallest absolute Gasteiger partial charge is 0.407 e. The van der Waals surface area contributed by atoms with Crippen LogP contribution in [0.2, 0.25) is 0 Å². The van der Waals surface area contributed by atoms with Crippen molar-refractivity contribution in [1.29, 1.82) is 0 Å². The zero-order valence-electron chi connectivity index (χ0n) is 10.2. The molecule has 0 aromatic heterocycles. The van der Waals surface area contributed by atoms with Crippen LogP contribution in [0.1, 0.15) is 20.3 Å². The summed E-state index contributed by atoms with van der Waals surface area (Å²) in [6.07, 6.45) is -0.138. The van der Waals surface area contributed by atoms with E-state index in [4.69, 9.17) is 0 Å². The summed E-state index contributed by atoms with van der Waals surface area (Å²) in [4.78, 5) is 21.7. The SMILES string of the molecule is COC(=O)NCCC(C)C(C)NC(=O)OC. The summed E-state index contributed by atoms with van der Waals surface area (Å²) in [5.74, 6) is 0.233. The van der Waals surface area contributed by atoms with Crippen molar-refractivity contribution in [2.45, 2.75) is 26.3 Å². The van der Waals surface area contributed by atoms with Crippen molar-refractivity contribution in [3.8, 4) is 0 Å². The fourth-order valence-corrected chi connectivity index (χ4v) is 1.11. The maximum atomic E-state index is 10.9. The molecule has 0 aromatic carbocycles. The van der Waals surface area contributed by atoms with Gasteiger partial charge < -0.3 is 20.1 Å². The van der Waals surface area contributed by atoms with E-state index in [1.807, 2.05) is 13.8 Å². The van der Waals surface area contributed by atoms with Gasteiger partial charge >= 0.3 is 12.2 Å². The highest BCUT2D eigenvalue weighted by Gasteiger charge is 2.14. The highest BCUT2D eigenvalue weighted by Crippen LogP contribution is 2.06. The predicted octanol–water partition coefficient (Wildman–Crippen LogP) is 1.11. The molecule has 94 valence electrons. The van der Waals surface area contributed by atoms with Crippen LogP contribution >= 0.6 is 0 Å². The zero-order valence-corrected chi connectivity index (χ0v) is 10.2. The van der Waals surface area contributed by atoms with Gasteiger partial charge in [0.25, 0.3) is 0 Å². The minimum atomic E-state index is -0.444. The normalized spacial score (nSPS) is 13.5. The lowest BCUT2D eigenvalue weighted by Gasteiger charge is -2.20. The Morgan fingerprint density at radius 3 is 2.19 bits per heavy atom. The highest BCUT2D eigenvalue weighted by molar-refractivity contribution is 5.67. The average molecular weight is 232 g/mol. The van der Waals surface area contributed by atoms with Crippen molar-refractivity contribution in [2.24, 2.45) is 5.92 Å². The summed E-state index contributed by atoms with van der Waals surface area (Å²) in [7, 11) is 2.64. The second-order valence-electron chi connectivity index (χ2n) is 3.61. The molecular weight excluding hydrogens is 212 g/mol. The number of methoxy groups -OCH3 is 2. The Morgan fingerprint density at radius 2 is 1.69 bits per heavy atom. The largest absolute Gasteiger partial charge is 0.453 e. The maximum Gasteiger partial charge on any atom is 0.407 e. The lowest BCUT2D eigenvalue weighted by molar-refractivity contribution is 0.161. The van der Waals surface area contributed by atoms with E-state index in [0.29, 0.717) is 6.54 Å². The van der Waals surface area contributed by atoms with Crippen LogP contribution in [-0.4, -0.2) is 39.0 Å². The molecule has 0 aromatic rings. The van der Waals surface area contributed by atoms with Gasteiger partial charge in [-0.25, -0.2) is 9.59 Å². The summed E-state index contributed by atoms with van der Waals surface area (Å²) in [6.45, 7) is 4.39. The quantitative estimate of drug-likeness (QED) is 0.744. The van der Waals surface area contributed by atoms with Crippen molar-refractivity contribution in [3.05, 3.63) is 0 Å². The van der Waals surface area contributed by atoms with Gasteiger partial charge in [0.05, 0.1) is 14.2 Å². The Morgan fingerprint density at radius 1 is 1.12 bits per heavy atom. The fraction of sp³-hybridized carbons (Fsp3) is 0.800. The molecule has 0 spiro atoms. The zero-order chi connectivity index (χ0) is 12.6. The number of amides is 2. The second-order valence-corrected chi connectivity index (χ2v) is 3.61. The molecule has 2 unspecified atom stereocenters. The Kier molecular flexibility index (Phi) is 7.07. The van der Waals surface area contributed by atoms with Crippen LogP contribution in [0.4, 0.5) is 9.59 Å². The summed E-state index contributed by atoms with van der Waals surface area (Å²) in [5, 5.41) is 5.26. The first kappa shape index (κ1) is 14.5. The Bertz CT molecular complexity index is 233. The van der Waals surface area contributed by atoms with Crippen LogP contribution in [0.25, 0.3) is 0 Å². The lowest BCUT2D eigenvalue weighted by Crippen LogP contribution is -2.38. The van der Waals surface area contributed by atoms with E-state index in [1.54, 1.807) is 0 Å². The van der Waals surface area contributed by atoms with E-state index in [9.17, 15) is 9.59 Å². The minimum absolute atomic E-state index is 0.00750. The first-order valence-electron chi connectivity index (χ1n) is 5.17. The average Bonchev–Trinajstić information content (AvgIpc) is 2.28. The summed E-state index contributed by atoms with van der Waals surface area (Å²) < 4.78 is 8.93. The van der Waals surface area contributed by atoms with Gasteiger partial charge in [-0.15, -0.1) is 0 Å². The van der Waals surface area contributed by atoms with Crippen LogP contribution in [0.3, 0.4) is 0 Å². The molecule has 16 heavy (non-hydrogen) atoms. The lowest BCUT2D eigenvalue weighted by atomic mass is 10.00. The number of ether oxygens (including phenoxy) is 2. The molecule has 0 aliphatic carbocycles. The molecule has 0 bridgehead atoms. The van der Waals surface area contributed by atoms with Gasteiger partial charge in [0.2, 0.25) is 0 Å². The highest BCUT2D eigenvalue weighted by atomic mass is 16.5. The Hall–Kier alpha value is -1.46. The van der Waals surface area contributed by atoms with Crippen molar-refractivity contribution in [2.75, 3.05) is 20.8 Å². The topological polar surface area (TPSA) is 76.7 Å². The van der Waals surface area contributed by atoms with E-state index < -0.39 is 12.2 Å². The second kappa shape index (κ2) is 7.78. The summed E-state index contributed by atoms with van der Waals surface area (Å²) in [6, 6.07) is -0.00750. The van der Waals surface area contributed by atoms with Crippen molar-refractivity contribution in [3.63, 3.8) is 0 Å². The molecule has 0 radical (unpaired) electrons. The molecule has 0 fully saturated rings. The van der Waals surface area contributed by atoms with Crippen LogP contribution < -0.4 is 10.6 Å². The van der Waals surface area contributed by atoms with E-state index in [1.165, 1.54) is 14.2 Å². The molecule has 2 atom stereocenters. The number of rotatable bonds is 5. The third-order valence-corrected chi connectivity index (χ3v) is 2.44. The third-order valence-electron chi connectivity index (χ3n) is 2.44. The molecular formula is C10H20N2O4. The Labute approximate surface area is 95.7 Å². The number of alkyl carbamates (subject to hydrolysis) is 2. The number of carbonyl (C=O) groups excluding carboxylic acids is 2. The molecule has 0 saturated heterocycles. The molecule has 0 saturated carbocycles. The predicted molar refractivity (Wildman–Crippen MR) is 59.2 cm³/mol. The van der Waals surface area contributed by atoms with E-state index in [2.05, 4.69) is 20.1 Å². The van der Waals surface area contributed by atoms with Gasteiger partial charge in [0, 0.05) is 12.6 Å². The molecule has 2 amide bonds. The monoisotopic (exact) mass is 232 g/mol. The van der Waals surface area contributed by atoms with Gasteiger partial charge in [0.1, 0.15) is 0 Å². The first-order valence-corrected chi connectivity index (χ1v) is 5.17. The fourth-order valence-electron chi connectivity index (χ4n) is 1.11. The van der Waals surface area contributed by atoms with Crippen molar-refractivity contribution in [1.82, 2.24) is 10.6 Å². The number of hydrogen-bond donors (Lipinski definition) is 2. The van der Waals surface area contributed by atoms with Crippen molar-refractivity contribution >= 4 is 12.2 Å². The molecule has 0 heterocycles. The molecule has 6 nitrogen and oxygen atoms in total. The number of nitrogens with one attached hydrogen (secondary N) is 2. The molecule has 0 aliphatic heterocycles. The van der Waals surface area contributed by atoms with E-state index >= 15 is 0 Å². The molecule has 2 N–H and O–H groups in total. The van der Waals surface area contributed by atoms with Crippen LogP contribution in [0.15, 0.2) is 0 Å². The minimum Gasteiger partial charge on any atom is -0.453 e.